The van der Waals surface area contributed by atoms with E-state index in [0.717, 1.165) is 103 Å². The van der Waals surface area contributed by atoms with Gasteiger partial charge >= 0.3 is 0 Å². The molecule has 41 heavy (non-hydrogen) atoms. The van der Waals surface area contributed by atoms with Gasteiger partial charge in [-0.3, -0.25) is 4.79 Å². The van der Waals surface area contributed by atoms with Crippen molar-refractivity contribution < 1.29 is 19.7 Å². The van der Waals surface area contributed by atoms with Crippen molar-refractivity contribution in [1.29, 1.82) is 0 Å². The number of nitrogens with zero attached hydrogens (tertiary/aromatic N) is 3. The molecule has 0 radical (unpaired) electrons. The van der Waals surface area contributed by atoms with Crippen LogP contribution in [0, 0.1) is 24.7 Å². The van der Waals surface area contributed by atoms with Gasteiger partial charge < -0.3 is 24.7 Å². The number of ether oxygens (including phenoxy) is 1. The van der Waals surface area contributed by atoms with Crippen LogP contribution in [0.3, 0.4) is 0 Å². The maximum absolute atomic E-state index is 13.1. The van der Waals surface area contributed by atoms with Gasteiger partial charge in [0.05, 0.1) is 5.69 Å². The number of hydrogen-bond donors (Lipinski definition) is 2. The van der Waals surface area contributed by atoms with Crippen molar-refractivity contribution in [2.45, 2.75) is 65.3 Å². The van der Waals surface area contributed by atoms with Crippen molar-refractivity contribution in [3.8, 4) is 17.0 Å². The van der Waals surface area contributed by atoms with Gasteiger partial charge in [-0.25, -0.2) is 4.98 Å². The van der Waals surface area contributed by atoms with Crippen LogP contribution in [0.2, 0.25) is 0 Å². The summed E-state index contributed by atoms with van der Waals surface area (Å²) in [4.78, 5) is 22.4. The number of piperidine rings is 2. The number of fused-ring (bicyclic) bond motifs is 2. The number of likely N-dealkylation sites (tertiary alicyclic amines) is 1. The highest BCUT2D eigenvalue weighted by atomic mass is 32.1. The molecule has 8 heteroatoms. The Morgan fingerprint density at radius 1 is 1.05 bits per heavy atom. The number of aromatic nitrogens is 1. The first-order valence-corrected chi connectivity index (χ1v) is 16.0. The smallest absolute Gasteiger partial charge is 0.253 e. The predicted octanol–water partition coefficient (Wildman–Crippen LogP) is 5.66. The number of amides is 1. The minimum atomic E-state index is -1.23. The topological polar surface area (TPSA) is 86.1 Å². The molecule has 2 atom stereocenters. The fraction of sp³-hybridized carbons (Fsp3) is 0.515. The van der Waals surface area contributed by atoms with Gasteiger partial charge in [-0.1, -0.05) is 24.6 Å². The number of thiazole rings is 1. The average molecular weight is 576 g/mol. The first-order valence-electron chi connectivity index (χ1n) is 15.1. The van der Waals surface area contributed by atoms with Crippen molar-refractivity contribution in [2.75, 3.05) is 31.1 Å². The van der Waals surface area contributed by atoms with E-state index in [2.05, 4.69) is 36.3 Å². The van der Waals surface area contributed by atoms with Gasteiger partial charge in [0.25, 0.3) is 5.91 Å². The third kappa shape index (κ3) is 5.87. The zero-order valence-electron chi connectivity index (χ0n) is 24.1. The van der Waals surface area contributed by atoms with Crippen LogP contribution in [0.25, 0.3) is 11.3 Å². The summed E-state index contributed by atoms with van der Waals surface area (Å²) in [5.74, 6) is 1.51. The average Bonchev–Trinajstić information content (AvgIpc) is 3.59. The van der Waals surface area contributed by atoms with Crippen LogP contribution in [0.5, 0.6) is 5.75 Å². The molecule has 2 aromatic carbocycles. The molecule has 2 saturated heterocycles. The number of benzene rings is 2. The highest BCUT2D eigenvalue weighted by Crippen LogP contribution is 2.45. The molecule has 3 aromatic rings. The third-order valence-electron chi connectivity index (χ3n) is 9.29. The minimum absolute atomic E-state index is 0.0209. The second kappa shape index (κ2) is 12.1. The molecule has 1 aliphatic carbocycles. The van der Waals surface area contributed by atoms with Crippen LogP contribution < -0.4 is 9.64 Å². The molecule has 3 heterocycles. The maximum Gasteiger partial charge on any atom is 0.253 e. The van der Waals surface area contributed by atoms with Gasteiger partial charge in [0.15, 0.2) is 11.4 Å². The molecule has 2 unspecified atom stereocenters. The van der Waals surface area contributed by atoms with Crippen LogP contribution in [-0.2, 0) is 13.0 Å². The van der Waals surface area contributed by atoms with E-state index in [1.54, 1.807) is 11.3 Å². The summed E-state index contributed by atoms with van der Waals surface area (Å²) in [5, 5.41) is 22.8. The zero-order valence-corrected chi connectivity index (χ0v) is 24.9. The van der Waals surface area contributed by atoms with Crippen LogP contribution >= 0.6 is 11.3 Å². The summed E-state index contributed by atoms with van der Waals surface area (Å²) in [5.41, 5.74) is 6.03. The first-order chi connectivity index (χ1) is 19.9. The van der Waals surface area contributed by atoms with E-state index in [4.69, 9.17) is 9.72 Å². The molecular formula is C33H41N3O4S. The van der Waals surface area contributed by atoms with E-state index >= 15 is 0 Å². The van der Waals surface area contributed by atoms with Crippen molar-refractivity contribution in [3.05, 3.63) is 64.0 Å². The Balaban J connectivity index is 1.17. The van der Waals surface area contributed by atoms with E-state index in [1.807, 2.05) is 29.2 Å². The highest BCUT2D eigenvalue weighted by Gasteiger charge is 2.45. The Kier molecular flexibility index (Phi) is 8.33. The molecule has 2 bridgehead atoms. The van der Waals surface area contributed by atoms with Crippen molar-refractivity contribution in [1.82, 2.24) is 9.88 Å². The molecule has 2 aliphatic heterocycles. The second-order valence-electron chi connectivity index (χ2n) is 12.0. The summed E-state index contributed by atoms with van der Waals surface area (Å²) in [7, 11) is 0. The van der Waals surface area contributed by atoms with E-state index in [-0.39, 0.29) is 11.8 Å². The summed E-state index contributed by atoms with van der Waals surface area (Å²) in [6.07, 6.45) is 5.08. The molecule has 218 valence electrons. The molecule has 1 amide bonds. The van der Waals surface area contributed by atoms with E-state index < -0.39 is 6.29 Å². The summed E-state index contributed by atoms with van der Waals surface area (Å²) in [6, 6.07) is 12.3. The Bertz CT molecular complexity index is 1370. The molecule has 0 spiro atoms. The number of hydrogen-bond acceptors (Lipinski definition) is 7. The van der Waals surface area contributed by atoms with Gasteiger partial charge in [0.2, 0.25) is 0 Å². The van der Waals surface area contributed by atoms with Crippen LogP contribution in [0.1, 0.15) is 66.1 Å². The first kappa shape index (κ1) is 28.2. The van der Waals surface area contributed by atoms with E-state index in [9.17, 15) is 15.0 Å². The Morgan fingerprint density at radius 3 is 2.51 bits per heavy atom. The molecule has 3 fully saturated rings. The number of rotatable bonds is 8. The highest BCUT2D eigenvalue weighted by molar-refractivity contribution is 7.14. The van der Waals surface area contributed by atoms with Crippen molar-refractivity contribution in [3.63, 3.8) is 0 Å². The number of aliphatic hydroxyl groups excluding tert-OH is 1. The number of aliphatic hydroxyl groups is 2. The van der Waals surface area contributed by atoms with Gasteiger partial charge in [0, 0.05) is 48.6 Å². The Labute approximate surface area is 246 Å². The predicted molar refractivity (Wildman–Crippen MR) is 162 cm³/mol. The van der Waals surface area contributed by atoms with Gasteiger partial charge in [-0.05, 0) is 92.7 Å². The molecule has 1 saturated carbocycles. The number of carbonyl (C=O) groups is 1. The van der Waals surface area contributed by atoms with Gasteiger partial charge in [-0.2, -0.15) is 0 Å². The second-order valence-corrected chi connectivity index (χ2v) is 12.8. The zero-order chi connectivity index (χ0) is 28.5. The van der Waals surface area contributed by atoms with Crippen LogP contribution in [-0.4, -0.2) is 58.5 Å². The van der Waals surface area contributed by atoms with Crippen LogP contribution in [0.4, 0.5) is 5.13 Å². The molecule has 7 nitrogen and oxygen atoms in total. The van der Waals surface area contributed by atoms with Crippen LogP contribution in [0.15, 0.2) is 41.8 Å². The SMILES string of the molecule is CCc1cc(C(=O)N2CCCCC2)ccc1COc1ccc(C)cc1-c1csc(N2CC3CCC(C2)C3C(O)O)n1. The van der Waals surface area contributed by atoms with Gasteiger partial charge in [-0.15, -0.1) is 11.3 Å². The summed E-state index contributed by atoms with van der Waals surface area (Å²) in [6.45, 7) is 7.97. The fourth-order valence-electron chi connectivity index (χ4n) is 7.07. The lowest BCUT2D eigenvalue weighted by Crippen LogP contribution is -2.46. The fourth-order valence-corrected chi connectivity index (χ4v) is 7.92. The molecule has 2 N–H and O–H groups in total. The molecule has 6 rings (SSSR count). The lowest BCUT2D eigenvalue weighted by atomic mass is 9.85. The Hall–Kier alpha value is -2.94. The quantitative estimate of drug-likeness (QED) is 0.337. The van der Waals surface area contributed by atoms with Crippen molar-refractivity contribution in [2.24, 2.45) is 17.8 Å². The van der Waals surface area contributed by atoms with E-state index in [0.29, 0.717) is 18.4 Å². The van der Waals surface area contributed by atoms with Crippen molar-refractivity contribution >= 4 is 22.4 Å². The monoisotopic (exact) mass is 575 g/mol. The Morgan fingerprint density at radius 2 is 1.80 bits per heavy atom. The number of aryl methyl sites for hydroxylation is 2. The number of anilines is 1. The number of carbonyl (C=O) groups excluding carboxylic acids is 1. The maximum atomic E-state index is 13.1. The lowest BCUT2D eigenvalue weighted by Gasteiger charge is -2.38. The third-order valence-corrected chi connectivity index (χ3v) is 10.2. The molecular weight excluding hydrogens is 534 g/mol. The summed E-state index contributed by atoms with van der Waals surface area (Å²) >= 11 is 1.64. The standard InChI is InChI=1S/C33H41N3O4S/c1-3-22-16-23(31(37)35-13-5-4-6-14-35)8-11-26(22)19-40-29-12-7-21(2)15-27(29)28-20-41-33(34-28)36-17-24-9-10-25(18-36)30(24)32(38)39/h7-8,11-12,15-16,20,24-25,30,32,38-39H,3-6,9-10,13-14,17-19H2,1-2H3. The largest absolute Gasteiger partial charge is 0.488 e. The minimum Gasteiger partial charge on any atom is -0.488 e. The molecule has 3 aliphatic rings. The van der Waals surface area contributed by atoms with Gasteiger partial charge in [0.1, 0.15) is 12.4 Å². The van der Waals surface area contributed by atoms with E-state index in [1.165, 1.54) is 6.42 Å². The normalized spacial score (nSPS) is 22.4. The summed E-state index contributed by atoms with van der Waals surface area (Å²) < 4.78 is 6.43. The molecule has 1 aromatic heterocycles. The lowest BCUT2D eigenvalue weighted by molar-refractivity contribution is -0.109.